The first-order valence-corrected chi connectivity index (χ1v) is 6.43. The van der Waals surface area contributed by atoms with Crippen molar-refractivity contribution >= 4 is 17.4 Å². The van der Waals surface area contributed by atoms with Crippen molar-refractivity contribution < 1.29 is 22.8 Å². The quantitative estimate of drug-likeness (QED) is 0.609. The minimum Gasteiger partial charge on any atom is -0.406 e. The van der Waals surface area contributed by atoms with E-state index in [0.29, 0.717) is 4.90 Å². The molecule has 0 aliphatic heterocycles. The minimum absolute atomic E-state index is 0.0201. The Bertz CT molecular complexity index is 627. The van der Waals surface area contributed by atoms with Crippen LogP contribution in [0, 0.1) is 10.1 Å². The fraction of sp³-hybridized carbons (Fsp3) is 0.0769. The van der Waals surface area contributed by atoms with Crippen LogP contribution in [0.2, 0.25) is 0 Å². The van der Waals surface area contributed by atoms with Crippen LogP contribution in [0.1, 0.15) is 0 Å². The number of nitrogens with zero attached hydrogens (tertiary/aromatic N) is 1. The number of rotatable bonds is 4. The first kappa shape index (κ1) is 15.2. The molecule has 0 atom stereocenters. The molecule has 0 radical (unpaired) electrons. The van der Waals surface area contributed by atoms with Gasteiger partial charge in [0, 0.05) is 21.9 Å². The molecule has 0 unspecified atom stereocenters. The van der Waals surface area contributed by atoms with E-state index in [1.165, 1.54) is 48.2 Å². The average molecular weight is 315 g/mol. The number of halogens is 3. The Morgan fingerprint density at radius 1 is 0.952 bits per heavy atom. The normalized spacial score (nSPS) is 11.2. The maximum Gasteiger partial charge on any atom is 0.573 e. The highest BCUT2D eigenvalue weighted by Crippen LogP contribution is 2.31. The highest BCUT2D eigenvalue weighted by molar-refractivity contribution is 7.99. The molecule has 21 heavy (non-hydrogen) atoms. The summed E-state index contributed by atoms with van der Waals surface area (Å²) in [6.07, 6.45) is -4.72. The number of benzene rings is 2. The molecule has 2 aromatic carbocycles. The number of non-ortho nitro benzene ring substituents is 1. The summed E-state index contributed by atoms with van der Waals surface area (Å²) in [7, 11) is 0. The second-order valence-corrected chi connectivity index (χ2v) is 5.02. The summed E-state index contributed by atoms with van der Waals surface area (Å²) >= 11 is 1.28. The number of hydrogen-bond donors (Lipinski definition) is 0. The van der Waals surface area contributed by atoms with Crippen LogP contribution in [0.5, 0.6) is 5.75 Å². The SMILES string of the molecule is O=[N+]([O-])c1ccc(Sc2ccc(OC(F)(F)F)cc2)cc1. The van der Waals surface area contributed by atoms with Gasteiger partial charge < -0.3 is 4.74 Å². The van der Waals surface area contributed by atoms with E-state index in [1.807, 2.05) is 0 Å². The summed E-state index contributed by atoms with van der Waals surface area (Å²) < 4.78 is 39.8. The van der Waals surface area contributed by atoms with Gasteiger partial charge in [0.25, 0.3) is 5.69 Å². The third kappa shape index (κ3) is 4.67. The molecule has 110 valence electrons. The van der Waals surface area contributed by atoms with Gasteiger partial charge in [0.2, 0.25) is 0 Å². The van der Waals surface area contributed by atoms with Crippen molar-refractivity contribution in [2.45, 2.75) is 16.2 Å². The van der Waals surface area contributed by atoms with E-state index >= 15 is 0 Å². The molecule has 0 aliphatic rings. The van der Waals surface area contributed by atoms with Gasteiger partial charge in [-0.05, 0) is 36.4 Å². The van der Waals surface area contributed by atoms with E-state index in [4.69, 9.17) is 0 Å². The fourth-order valence-corrected chi connectivity index (χ4v) is 2.30. The Labute approximate surface area is 121 Å². The third-order valence-corrected chi connectivity index (χ3v) is 3.36. The summed E-state index contributed by atoms with van der Waals surface area (Å²) in [5, 5.41) is 10.5. The zero-order chi connectivity index (χ0) is 15.5. The van der Waals surface area contributed by atoms with Crippen LogP contribution in [0.25, 0.3) is 0 Å². The lowest BCUT2D eigenvalue weighted by Gasteiger charge is -2.09. The van der Waals surface area contributed by atoms with Gasteiger partial charge in [0.1, 0.15) is 5.75 Å². The van der Waals surface area contributed by atoms with E-state index in [0.717, 1.165) is 4.90 Å². The Morgan fingerprint density at radius 2 is 1.43 bits per heavy atom. The largest absolute Gasteiger partial charge is 0.573 e. The van der Waals surface area contributed by atoms with Crippen LogP contribution >= 0.6 is 11.8 Å². The van der Waals surface area contributed by atoms with E-state index < -0.39 is 11.3 Å². The first-order valence-electron chi connectivity index (χ1n) is 5.61. The monoisotopic (exact) mass is 315 g/mol. The summed E-state index contributed by atoms with van der Waals surface area (Å²) in [5.74, 6) is -0.296. The van der Waals surface area contributed by atoms with Gasteiger partial charge in [-0.2, -0.15) is 0 Å². The van der Waals surface area contributed by atoms with E-state index in [9.17, 15) is 23.3 Å². The number of hydrogen-bond acceptors (Lipinski definition) is 4. The van der Waals surface area contributed by atoms with E-state index in [1.54, 1.807) is 12.1 Å². The highest BCUT2D eigenvalue weighted by atomic mass is 32.2. The van der Waals surface area contributed by atoms with Crippen molar-refractivity contribution in [3.63, 3.8) is 0 Å². The zero-order valence-electron chi connectivity index (χ0n) is 10.3. The van der Waals surface area contributed by atoms with Crippen molar-refractivity contribution in [3.8, 4) is 5.75 Å². The molecule has 0 amide bonds. The minimum atomic E-state index is -4.72. The smallest absolute Gasteiger partial charge is 0.406 e. The molecule has 0 spiro atoms. The molecule has 2 rings (SSSR count). The molecule has 0 saturated carbocycles. The standard InChI is InChI=1S/C13H8F3NO3S/c14-13(15,16)20-10-3-7-12(8-4-10)21-11-5-1-9(2-6-11)17(18)19/h1-8H. The van der Waals surface area contributed by atoms with Crippen LogP contribution in [0.4, 0.5) is 18.9 Å². The molecule has 2 aromatic rings. The van der Waals surface area contributed by atoms with Gasteiger partial charge >= 0.3 is 6.36 Å². The Kier molecular flexibility index (Phi) is 4.37. The number of nitro benzene ring substituents is 1. The van der Waals surface area contributed by atoms with Crippen molar-refractivity contribution in [1.29, 1.82) is 0 Å². The van der Waals surface area contributed by atoms with Crippen LogP contribution < -0.4 is 4.74 Å². The lowest BCUT2D eigenvalue weighted by atomic mass is 10.3. The summed E-state index contributed by atoms with van der Waals surface area (Å²) in [6.45, 7) is 0. The third-order valence-electron chi connectivity index (χ3n) is 2.34. The summed E-state index contributed by atoms with van der Waals surface area (Å²) in [5.41, 5.74) is -0.0201. The van der Waals surface area contributed by atoms with Crippen LogP contribution in [0.3, 0.4) is 0 Å². The van der Waals surface area contributed by atoms with Crippen molar-refractivity contribution in [2.75, 3.05) is 0 Å². The first-order chi connectivity index (χ1) is 9.83. The molecule has 8 heteroatoms. The second kappa shape index (κ2) is 6.04. The van der Waals surface area contributed by atoms with Gasteiger partial charge in [0.05, 0.1) is 4.92 Å². The predicted molar refractivity (Wildman–Crippen MR) is 70.3 cm³/mol. The number of alkyl halides is 3. The number of ether oxygens (including phenoxy) is 1. The Balaban J connectivity index is 2.04. The van der Waals surface area contributed by atoms with E-state index in [-0.39, 0.29) is 11.4 Å². The van der Waals surface area contributed by atoms with E-state index in [2.05, 4.69) is 4.74 Å². The predicted octanol–water partition coefficient (Wildman–Crippen LogP) is 4.64. The van der Waals surface area contributed by atoms with Gasteiger partial charge in [-0.15, -0.1) is 13.2 Å². The van der Waals surface area contributed by atoms with Crippen molar-refractivity contribution in [1.82, 2.24) is 0 Å². The molecule has 0 bridgehead atoms. The lowest BCUT2D eigenvalue weighted by molar-refractivity contribution is -0.384. The molecule has 0 aliphatic carbocycles. The van der Waals surface area contributed by atoms with Gasteiger partial charge in [-0.25, -0.2) is 0 Å². The summed E-state index contributed by atoms with van der Waals surface area (Å²) in [6, 6.07) is 11.3. The lowest BCUT2D eigenvalue weighted by Crippen LogP contribution is -2.16. The van der Waals surface area contributed by atoms with Gasteiger partial charge in [-0.1, -0.05) is 11.8 Å². The Morgan fingerprint density at radius 3 is 1.86 bits per heavy atom. The maximum atomic E-state index is 12.0. The number of nitro groups is 1. The molecule has 0 fully saturated rings. The highest BCUT2D eigenvalue weighted by Gasteiger charge is 2.30. The second-order valence-electron chi connectivity index (χ2n) is 3.87. The van der Waals surface area contributed by atoms with Crippen molar-refractivity contribution in [2.24, 2.45) is 0 Å². The van der Waals surface area contributed by atoms with Gasteiger partial charge in [0.15, 0.2) is 0 Å². The molecule has 4 nitrogen and oxygen atoms in total. The van der Waals surface area contributed by atoms with Crippen LogP contribution in [-0.2, 0) is 0 Å². The molecular weight excluding hydrogens is 307 g/mol. The maximum absolute atomic E-state index is 12.0. The molecular formula is C13H8F3NO3S. The molecule has 0 saturated heterocycles. The topological polar surface area (TPSA) is 52.4 Å². The average Bonchev–Trinajstić information content (AvgIpc) is 2.40. The Hall–Kier alpha value is -2.22. The molecule has 0 N–H and O–H groups in total. The summed E-state index contributed by atoms with van der Waals surface area (Å²) in [4.78, 5) is 11.4. The zero-order valence-corrected chi connectivity index (χ0v) is 11.1. The fourth-order valence-electron chi connectivity index (χ4n) is 1.48. The van der Waals surface area contributed by atoms with Crippen molar-refractivity contribution in [3.05, 3.63) is 58.6 Å². The van der Waals surface area contributed by atoms with Gasteiger partial charge in [-0.3, -0.25) is 10.1 Å². The van der Waals surface area contributed by atoms with Crippen LogP contribution in [0.15, 0.2) is 58.3 Å². The molecule has 0 heterocycles. The molecule has 0 aromatic heterocycles. The van der Waals surface area contributed by atoms with Crippen LogP contribution in [-0.4, -0.2) is 11.3 Å².